The molecule has 0 radical (unpaired) electrons. The minimum absolute atomic E-state index is 0.0238. The molecule has 0 bridgehead atoms. The van der Waals surface area contributed by atoms with E-state index >= 15 is 4.39 Å². The molecule has 0 saturated carbocycles. The summed E-state index contributed by atoms with van der Waals surface area (Å²) in [6.07, 6.45) is 3.03. The number of hydrogen-bond acceptors (Lipinski definition) is 6. The highest BCUT2D eigenvalue weighted by molar-refractivity contribution is 7.18. The van der Waals surface area contributed by atoms with Crippen molar-refractivity contribution < 1.29 is 27.4 Å². The predicted molar refractivity (Wildman–Crippen MR) is 157 cm³/mol. The second-order valence-corrected chi connectivity index (χ2v) is 11.1. The van der Waals surface area contributed by atoms with E-state index in [-0.39, 0.29) is 22.1 Å². The number of aromatic nitrogens is 2. The highest BCUT2D eigenvalue weighted by atomic mass is 32.1. The summed E-state index contributed by atoms with van der Waals surface area (Å²) in [6.45, 7) is 0.662. The number of benzene rings is 3. The molecular weight excluding hydrogens is 575 g/mol. The van der Waals surface area contributed by atoms with Crippen molar-refractivity contribution in [1.29, 1.82) is 0 Å². The van der Waals surface area contributed by atoms with Gasteiger partial charge in [0, 0.05) is 42.0 Å². The van der Waals surface area contributed by atoms with Gasteiger partial charge in [0.2, 0.25) is 0 Å². The Labute approximate surface area is 250 Å². The Hall–Kier alpha value is -4.38. The summed E-state index contributed by atoms with van der Waals surface area (Å²) in [5, 5.41) is 3.31. The van der Waals surface area contributed by atoms with Crippen LogP contribution in [0.15, 0.2) is 97.3 Å². The van der Waals surface area contributed by atoms with Crippen LogP contribution >= 0.6 is 11.3 Å². The Bertz CT molecular complexity index is 1710. The lowest BCUT2D eigenvalue weighted by Crippen LogP contribution is -2.47. The zero-order valence-corrected chi connectivity index (χ0v) is 23.6. The summed E-state index contributed by atoms with van der Waals surface area (Å²) in [5.41, 5.74) is 2.19. The van der Waals surface area contributed by atoms with Crippen molar-refractivity contribution in [3.05, 3.63) is 132 Å². The maximum absolute atomic E-state index is 15.3. The zero-order valence-electron chi connectivity index (χ0n) is 22.8. The van der Waals surface area contributed by atoms with E-state index in [1.165, 1.54) is 30.5 Å². The summed E-state index contributed by atoms with van der Waals surface area (Å²) in [6, 6.07) is 22.5. The molecule has 0 spiro atoms. The average Bonchev–Trinajstić information content (AvgIpc) is 3.53. The van der Waals surface area contributed by atoms with Gasteiger partial charge >= 0.3 is 0 Å². The van der Waals surface area contributed by atoms with Gasteiger partial charge in [-0.2, -0.15) is 0 Å². The number of nitrogens with zero attached hydrogens (tertiary/aromatic N) is 2. The maximum atomic E-state index is 15.3. The van der Waals surface area contributed by atoms with Crippen molar-refractivity contribution in [3.63, 3.8) is 0 Å². The van der Waals surface area contributed by atoms with Crippen LogP contribution in [-0.2, 0) is 15.9 Å². The maximum Gasteiger partial charge on any atom is 0.252 e. The first-order valence-electron chi connectivity index (χ1n) is 13.7. The Morgan fingerprint density at radius 3 is 2.42 bits per heavy atom. The van der Waals surface area contributed by atoms with Crippen molar-refractivity contribution in [2.75, 3.05) is 13.2 Å². The molecule has 1 aliphatic heterocycles. The smallest absolute Gasteiger partial charge is 0.252 e. The van der Waals surface area contributed by atoms with E-state index in [2.05, 4.69) is 15.3 Å². The molecule has 0 aliphatic carbocycles. The standard InChI is InChI=1S/C33H26F3N3O3S/c34-25-13-12-21(15-27(25)36)29-17-38-32(43-29)30-24(10-6-11-26(30)35)31(40)39-28(16-23-9-4-5-14-37-23)22-18-41-33(42-19-22)20-7-2-1-3-8-20/h1-15,17,22,28,33H,16,18-19H2,(H,39,40). The van der Waals surface area contributed by atoms with E-state index in [9.17, 15) is 13.6 Å². The lowest BCUT2D eigenvalue weighted by atomic mass is 9.95. The molecule has 1 aliphatic rings. The minimum atomic E-state index is -0.997. The van der Waals surface area contributed by atoms with Crippen LogP contribution < -0.4 is 5.32 Å². The van der Waals surface area contributed by atoms with Gasteiger partial charge in [0.05, 0.1) is 29.2 Å². The number of carbonyl (C=O) groups is 1. The second kappa shape index (κ2) is 12.9. The third-order valence-corrected chi connectivity index (χ3v) is 8.28. The van der Waals surface area contributed by atoms with Crippen molar-refractivity contribution in [2.24, 2.45) is 5.92 Å². The van der Waals surface area contributed by atoms with E-state index in [4.69, 9.17) is 9.47 Å². The molecule has 1 unspecified atom stereocenters. The normalized spacial score (nSPS) is 17.4. The number of amides is 1. The molecule has 2 aromatic heterocycles. The van der Waals surface area contributed by atoms with Gasteiger partial charge in [-0.15, -0.1) is 11.3 Å². The Balaban J connectivity index is 1.25. The van der Waals surface area contributed by atoms with Gasteiger partial charge in [0.15, 0.2) is 17.9 Å². The number of carbonyl (C=O) groups excluding carboxylic acids is 1. The van der Waals surface area contributed by atoms with Gasteiger partial charge in [-0.3, -0.25) is 9.78 Å². The number of halogens is 3. The molecule has 1 fully saturated rings. The molecule has 1 atom stereocenters. The van der Waals surface area contributed by atoms with E-state index in [0.717, 1.165) is 34.7 Å². The summed E-state index contributed by atoms with van der Waals surface area (Å²) in [5.74, 6) is -3.29. The molecule has 1 amide bonds. The molecular formula is C33H26F3N3O3S. The lowest BCUT2D eigenvalue weighted by Gasteiger charge is -2.34. The largest absolute Gasteiger partial charge is 0.348 e. The molecule has 43 heavy (non-hydrogen) atoms. The SMILES string of the molecule is O=C(NC(Cc1ccccn1)C1COC(c2ccccc2)OC1)c1cccc(F)c1-c1ncc(-c2ccc(F)c(F)c2)s1. The lowest BCUT2D eigenvalue weighted by molar-refractivity contribution is -0.208. The monoisotopic (exact) mass is 601 g/mol. The molecule has 6 rings (SSSR count). The number of nitrogens with one attached hydrogen (secondary N) is 1. The molecule has 5 aromatic rings. The Kier molecular flexibility index (Phi) is 8.59. The first-order valence-corrected chi connectivity index (χ1v) is 14.5. The second-order valence-electron chi connectivity index (χ2n) is 10.1. The van der Waals surface area contributed by atoms with Crippen LogP contribution in [0.3, 0.4) is 0 Å². The fraction of sp³-hybridized carbons (Fsp3) is 0.182. The fourth-order valence-electron chi connectivity index (χ4n) is 4.98. The average molecular weight is 602 g/mol. The fourth-order valence-corrected chi connectivity index (χ4v) is 5.96. The van der Waals surface area contributed by atoms with Crippen molar-refractivity contribution in [2.45, 2.75) is 18.8 Å². The van der Waals surface area contributed by atoms with Crippen molar-refractivity contribution >= 4 is 17.2 Å². The summed E-state index contributed by atoms with van der Waals surface area (Å²) < 4.78 is 54.7. The van der Waals surface area contributed by atoms with Crippen LogP contribution in [-0.4, -0.2) is 35.1 Å². The van der Waals surface area contributed by atoms with E-state index in [1.807, 2.05) is 48.5 Å². The molecule has 10 heteroatoms. The summed E-state index contributed by atoms with van der Waals surface area (Å²) in [4.78, 5) is 23.0. The summed E-state index contributed by atoms with van der Waals surface area (Å²) >= 11 is 1.08. The number of thiazole rings is 1. The number of ether oxygens (including phenoxy) is 2. The molecule has 3 aromatic carbocycles. The molecule has 1 saturated heterocycles. The molecule has 218 valence electrons. The molecule has 1 N–H and O–H groups in total. The first kappa shape index (κ1) is 28.7. The summed E-state index contributed by atoms with van der Waals surface area (Å²) in [7, 11) is 0. The molecule has 3 heterocycles. The predicted octanol–water partition coefficient (Wildman–Crippen LogP) is 6.99. The van der Waals surface area contributed by atoms with Crippen LogP contribution in [0.25, 0.3) is 21.0 Å². The van der Waals surface area contributed by atoms with Gasteiger partial charge in [0.1, 0.15) is 10.8 Å². The number of rotatable bonds is 8. The van der Waals surface area contributed by atoms with Crippen LogP contribution in [0.1, 0.15) is 27.9 Å². The minimum Gasteiger partial charge on any atom is -0.348 e. The quantitative estimate of drug-likeness (QED) is 0.208. The van der Waals surface area contributed by atoms with Crippen LogP contribution in [0, 0.1) is 23.4 Å². The van der Waals surface area contributed by atoms with Crippen molar-refractivity contribution in [1.82, 2.24) is 15.3 Å². The highest BCUT2D eigenvalue weighted by Crippen LogP contribution is 2.36. The Morgan fingerprint density at radius 1 is 0.884 bits per heavy atom. The molecule has 6 nitrogen and oxygen atoms in total. The van der Waals surface area contributed by atoms with Crippen LogP contribution in [0.5, 0.6) is 0 Å². The van der Waals surface area contributed by atoms with Crippen molar-refractivity contribution in [3.8, 4) is 21.0 Å². The highest BCUT2D eigenvalue weighted by Gasteiger charge is 2.32. The third kappa shape index (κ3) is 6.51. The number of pyridine rings is 1. The van der Waals surface area contributed by atoms with Crippen LogP contribution in [0.2, 0.25) is 0 Å². The first-order chi connectivity index (χ1) is 21.0. The topological polar surface area (TPSA) is 73.3 Å². The van der Waals surface area contributed by atoms with Crippen LogP contribution in [0.4, 0.5) is 13.2 Å². The van der Waals surface area contributed by atoms with E-state index in [1.54, 1.807) is 6.20 Å². The van der Waals surface area contributed by atoms with Gasteiger partial charge in [-0.1, -0.05) is 48.5 Å². The van der Waals surface area contributed by atoms with Gasteiger partial charge in [-0.25, -0.2) is 18.2 Å². The van der Waals surface area contributed by atoms with Gasteiger partial charge < -0.3 is 14.8 Å². The van der Waals surface area contributed by atoms with E-state index in [0.29, 0.717) is 30.1 Å². The van der Waals surface area contributed by atoms with Gasteiger partial charge in [0.25, 0.3) is 5.91 Å². The zero-order chi connectivity index (χ0) is 29.8. The van der Waals surface area contributed by atoms with Gasteiger partial charge in [-0.05, 0) is 42.0 Å². The third-order valence-electron chi connectivity index (χ3n) is 7.22. The Morgan fingerprint density at radius 2 is 1.67 bits per heavy atom. The number of hydrogen-bond donors (Lipinski definition) is 1. The van der Waals surface area contributed by atoms with E-state index < -0.39 is 35.7 Å².